The standard InChI is InChI=1S/C21H14N4OS2/c1-3-7-14(8-4-1)17-11-16-20(22-13-23-21(16)28-17)27-12-18-24-25-19(26-18)15-9-5-2-6-10-15/h1-11,13H,12H2. The van der Waals surface area contributed by atoms with Crippen molar-refractivity contribution in [3.8, 4) is 21.9 Å². The number of fused-ring (bicyclic) bond motifs is 1. The van der Waals surface area contributed by atoms with Crippen LogP contribution in [0.1, 0.15) is 5.89 Å². The van der Waals surface area contributed by atoms with Gasteiger partial charge in [-0.2, -0.15) is 0 Å². The molecule has 0 radical (unpaired) electrons. The molecule has 5 nitrogen and oxygen atoms in total. The maximum absolute atomic E-state index is 5.79. The van der Waals surface area contributed by atoms with Crippen molar-refractivity contribution >= 4 is 33.3 Å². The maximum atomic E-state index is 5.79. The average molecular weight is 403 g/mol. The maximum Gasteiger partial charge on any atom is 0.247 e. The number of hydrogen-bond acceptors (Lipinski definition) is 7. The highest BCUT2D eigenvalue weighted by atomic mass is 32.2. The van der Waals surface area contributed by atoms with Gasteiger partial charge in [0.15, 0.2) is 0 Å². The van der Waals surface area contributed by atoms with Crippen molar-refractivity contribution in [2.75, 3.05) is 0 Å². The third kappa shape index (κ3) is 3.42. The predicted octanol–water partition coefficient (Wildman–Crippen LogP) is 5.70. The van der Waals surface area contributed by atoms with Crippen LogP contribution in [0.3, 0.4) is 0 Å². The molecule has 5 aromatic rings. The summed E-state index contributed by atoms with van der Waals surface area (Å²) in [6.45, 7) is 0. The highest BCUT2D eigenvalue weighted by Gasteiger charge is 2.13. The van der Waals surface area contributed by atoms with E-state index in [0.29, 0.717) is 17.5 Å². The second-order valence-electron chi connectivity index (χ2n) is 6.03. The molecule has 0 atom stereocenters. The molecule has 0 amide bonds. The van der Waals surface area contributed by atoms with E-state index in [1.54, 1.807) is 29.4 Å². The number of hydrogen-bond donors (Lipinski definition) is 0. The summed E-state index contributed by atoms with van der Waals surface area (Å²) < 4.78 is 5.79. The molecule has 28 heavy (non-hydrogen) atoms. The zero-order chi connectivity index (χ0) is 18.8. The summed E-state index contributed by atoms with van der Waals surface area (Å²) in [4.78, 5) is 11.1. The zero-order valence-corrected chi connectivity index (χ0v) is 16.3. The first-order valence-electron chi connectivity index (χ1n) is 8.67. The van der Waals surface area contributed by atoms with Crippen LogP contribution in [0.15, 0.2) is 82.5 Å². The van der Waals surface area contributed by atoms with Crippen LogP contribution in [0.2, 0.25) is 0 Å². The average Bonchev–Trinajstić information content (AvgIpc) is 3.41. The van der Waals surface area contributed by atoms with Gasteiger partial charge in [-0.05, 0) is 23.8 Å². The largest absolute Gasteiger partial charge is 0.420 e. The molecule has 0 saturated heterocycles. The Morgan fingerprint density at radius 1 is 0.857 bits per heavy atom. The topological polar surface area (TPSA) is 64.7 Å². The highest BCUT2D eigenvalue weighted by molar-refractivity contribution is 7.98. The second-order valence-corrected chi connectivity index (χ2v) is 8.02. The van der Waals surface area contributed by atoms with Crippen molar-refractivity contribution in [2.24, 2.45) is 0 Å². The number of thiophene rings is 1. The summed E-state index contributed by atoms with van der Waals surface area (Å²) >= 11 is 3.25. The summed E-state index contributed by atoms with van der Waals surface area (Å²) in [5.74, 6) is 1.67. The van der Waals surface area contributed by atoms with Crippen LogP contribution in [0.25, 0.3) is 32.1 Å². The monoisotopic (exact) mass is 402 g/mol. The van der Waals surface area contributed by atoms with Crippen LogP contribution in [0, 0.1) is 0 Å². The van der Waals surface area contributed by atoms with E-state index >= 15 is 0 Å². The Morgan fingerprint density at radius 3 is 2.39 bits per heavy atom. The highest BCUT2D eigenvalue weighted by Crippen LogP contribution is 2.36. The summed E-state index contributed by atoms with van der Waals surface area (Å²) in [5, 5.41) is 10.3. The van der Waals surface area contributed by atoms with Gasteiger partial charge in [0, 0.05) is 15.8 Å². The van der Waals surface area contributed by atoms with E-state index in [1.807, 2.05) is 48.5 Å². The van der Waals surface area contributed by atoms with Crippen molar-refractivity contribution in [3.05, 3.63) is 78.9 Å². The Morgan fingerprint density at radius 2 is 1.61 bits per heavy atom. The van der Waals surface area contributed by atoms with Gasteiger partial charge in [-0.25, -0.2) is 9.97 Å². The molecule has 0 spiro atoms. The Hall–Kier alpha value is -3.03. The van der Waals surface area contributed by atoms with E-state index in [0.717, 1.165) is 20.8 Å². The van der Waals surface area contributed by atoms with Crippen molar-refractivity contribution in [2.45, 2.75) is 10.8 Å². The fraction of sp³-hybridized carbons (Fsp3) is 0.0476. The quantitative estimate of drug-likeness (QED) is 0.277. The van der Waals surface area contributed by atoms with Crippen molar-refractivity contribution in [1.29, 1.82) is 0 Å². The van der Waals surface area contributed by atoms with Crippen molar-refractivity contribution in [1.82, 2.24) is 20.2 Å². The van der Waals surface area contributed by atoms with Gasteiger partial charge in [-0.15, -0.1) is 21.5 Å². The molecule has 7 heteroatoms. The number of rotatable bonds is 5. The Balaban J connectivity index is 1.39. The molecular weight excluding hydrogens is 388 g/mol. The normalized spacial score (nSPS) is 11.1. The van der Waals surface area contributed by atoms with Crippen LogP contribution in [0.4, 0.5) is 0 Å². The van der Waals surface area contributed by atoms with E-state index in [4.69, 9.17) is 4.42 Å². The van der Waals surface area contributed by atoms with Crippen LogP contribution in [-0.2, 0) is 5.75 Å². The Labute approximate surface area is 169 Å². The van der Waals surface area contributed by atoms with Gasteiger partial charge >= 0.3 is 0 Å². The number of benzene rings is 2. The zero-order valence-electron chi connectivity index (χ0n) is 14.6. The lowest BCUT2D eigenvalue weighted by molar-refractivity contribution is 0.528. The minimum atomic E-state index is 0.533. The molecule has 0 aliphatic heterocycles. The second kappa shape index (κ2) is 7.53. The fourth-order valence-corrected chi connectivity index (χ4v) is 4.71. The van der Waals surface area contributed by atoms with Crippen LogP contribution in [0.5, 0.6) is 0 Å². The fourth-order valence-electron chi connectivity index (χ4n) is 2.83. The van der Waals surface area contributed by atoms with Gasteiger partial charge in [0.2, 0.25) is 11.8 Å². The van der Waals surface area contributed by atoms with Crippen LogP contribution in [-0.4, -0.2) is 20.2 Å². The minimum absolute atomic E-state index is 0.533. The molecular formula is C21H14N4OS2. The molecule has 136 valence electrons. The Bertz CT molecular complexity index is 1220. The van der Waals surface area contributed by atoms with E-state index in [9.17, 15) is 0 Å². The third-order valence-electron chi connectivity index (χ3n) is 4.17. The van der Waals surface area contributed by atoms with Crippen molar-refractivity contribution in [3.63, 3.8) is 0 Å². The number of aromatic nitrogens is 4. The molecule has 0 fully saturated rings. The number of nitrogens with zero attached hydrogens (tertiary/aromatic N) is 4. The SMILES string of the molecule is c1ccc(-c2nnc(CSc3ncnc4sc(-c5ccccc5)cc34)o2)cc1. The smallest absolute Gasteiger partial charge is 0.247 e. The Kier molecular flexibility index (Phi) is 4.60. The van der Waals surface area contributed by atoms with E-state index in [1.165, 1.54) is 10.4 Å². The first-order chi connectivity index (χ1) is 13.9. The van der Waals surface area contributed by atoms with Gasteiger partial charge in [0.1, 0.15) is 16.2 Å². The summed E-state index contributed by atoms with van der Waals surface area (Å²) in [5.41, 5.74) is 2.10. The first kappa shape index (κ1) is 17.1. The van der Waals surface area contributed by atoms with Gasteiger partial charge in [0.05, 0.1) is 5.75 Å². The predicted molar refractivity (Wildman–Crippen MR) is 112 cm³/mol. The minimum Gasteiger partial charge on any atom is -0.420 e. The lowest BCUT2D eigenvalue weighted by Crippen LogP contribution is -1.85. The van der Waals surface area contributed by atoms with E-state index in [2.05, 4.69) is 38.4 Å². The molecule has 2 aromatic carbocycles. The molecule has 0 aliphatic carbocycles. The molecule has 0 saturated carbocycles. The first-order valence-corrected chi connectivity index (χ1v) is 10.5. The molecule has 3 heterocycles. The molecule has 5 rings (SSSR count). The van der Waals surface area contributed by atoms with Crippen LogP contribution < -0.4 is 0 Å². The summed E-state index contributed by atoms with van der Waals surface area (Å²) in [7, 11) is 0. The third-order valence-corrected chi connectivity index (χ3v) is 6.25. The van der Waals surface area contributed by atoms with Gasteiger partial charge in [-0.3, -0.25) is 0 Å². The molecule has 0 aliphatic rings. The molecule has 3 aromatic heterocycles. The van der Waals surface area contributed by atoms with Gasteiger partial charge in [-0.1, -0.05) is 60.3 Å². The van der Waals surface area contributed by atoms with E-state index in [-0.39, 0.29) is 0 Å². The molecule has 0 N–H and O–H groups in total. The lowest BCUT2D eigenvalue weighted by Gasteiger charge is -1.99. The summed E-state index contributed by atoms with van der Waals surface area (Å²) in [6, 6.07) is 22.2. The lowest BCUT2D eigenvalue weighted by atomic mass is 10.2. The molecule has 0 unspecified atom stereocenters. The van der Waals surface area contributed by atoms with Gasteiger partial charge in [0.25, 0.3) is 0 Å². The molecule has 0 bridgehead atoms. The number of thioether (sulfide) groups is 1. The summed E-state index contributed by atoms with van der Waals surface area (Å²) in [6.07, 6.45) is 1.61. The van der Waals surface area contributed by atoms with Crippen molar-refractivity contribution < 1.29 is 4.42 Å². The van der Waals surface area contributed by atoms with Gasteiger partial charge < -0.3 is 4.42 Å². The van der Waals surface area contributed by atoms with Crippen LogP contribution >= 0.6 is 23.1 Å². The van der Waals surface area contributed by atoms with E-state index < -0.39 is 0 Å².